The van der Waals surface area contributed by atoms with Crippen LogP contribution in [0.1, 0.15) is 51.9 Å². The van der Waals surface area contributed by atoms with Gasteiger partial charge in [0.2, 0.25) is 5.91 Å². The number of halogens is 1. The average Bonchev–Trinajstić information content (AvgIpc) is 3.68. The summed E-state index contributed by atoms with van der Waals surface area (Å²) in [6.45, 7) is 5.92. The fourth-order valence-electron chi connectivity index (χ4n) is 6.81. The Morgan fingerprint density at radius 3 is 2.61 bits per heavy atom. The summed E-state index contributed by atoms with van der Waals surface area (Å²) in [4.78, 5) is 34.9. The molecule has 38 heavy (non-hydrogen) atoms. The van der Waals surface area contributed by atoms with E-state index in [9.17, 15) is 9.59 Å². The second-order valence-electron chi connectivity index (χ2n) is 12.7. The van der Waals surface area contributed by atoms with Gasteiger partial charge in [0.25, 0.3) is 5.91 Å². The summed E-state index contributed by atoms with van der Waals surface area (Å²) in [5, 5.41) is 0. The van der Waals surface area contributed by atoms with Crippen molar-refractivity contribution in [2.75, 3.05) is 32.7 Å². The Labute approximate surface area is 223 Å². The van der Waals surface area contributed by atoms with E-state index in [2.05, 4.69) is 29.9 Å². The lowest BCUT2D eigenvalue weighted by atomic mass is 9.84. The first-order chi connectivity index (χ1) is 18.4. The number of hydrogen-bond acceptors (Lipinski definition) is 5. The molecule has 2 amide bonds. The Morgan fingerprint density at radius 2 is 1.95 bits per heavy atom. The molecule has 0 radical (unpaired) electrons. The monoisotopic (exact) mass is 519 g/mol. The molecule has 0 aromatic carbocycles. The fourth-order valence-corrected chi connectivity index (χ4v) is 6.81. The van der Waals surface area contributed by atoms with Gasteiger partial charge in [0.1, 0.15) is 17.5 Å². The number of aliphatic imine (C=N–C) groups is 1. The minimum atomic E-state index is -1.22. The average molecular weight is 520 g/mol. The predicted octanol–water partition coefficient (Wildman–Crippen LogP) is 3.23. The number of nitrogens with zero attached hydrogens (tertiary/aromatic N) is 3. The second kappa shape index (κ2) is 8.98. The van der Waals surface area contributed by atoms with Crippen molar-refractivity contribution >= 4 is 17.6 Å². The Morgan fingerprint density at radius 1 is 1.16 bits per heavy atom. The van der Waals surface area contributed by atoms with Crippen LogP contribution in [0.25, 0.3) is 0 Å². The lowest BCUT2D eigenvalue weighted by Gasteiger charge is -2.29. The molecule has 0 bridgehead atoms. The van der Waals surface area contributed by atoms with Crippen molar-refractivity contribution in [3.8, 4) is 0 Å². The van der Waals surface area contributed by atoms with Crippen LogP contribution in [-0.2, 0) is 9.59 Å². The molecule has 2 saturated heterocycles. The van der Waals surface area contributed by atoms with Gasteiger partial charge in [0.15, 0.2) is 0 Å². The minimum absolute atomic E-state index is 0.0327. The smallest absolute Gasteiger partial charge is 0.255 e. The van der Waals surface area contributed by atoms with Gasteiger partial charge in [-0.15, -0.1) is 0 Å². The topological polar surface area (TPSA) is 77.0 Å². The van der Waals surface area contributed by atoms with Gasteiger partial charge in [-0.05, 0) is 68.1 Å². The number of carbonyl (C=O) groups excluding carboxylic acids is 2. The number of allylic oxidation sites excluding steroid dienone is 6. The summed E-state index contributed by atoms with van der Waals surface area (Å²) in [6.07, 6.45) is 15.1. The number of likely N-dealkylation sites (tertiary alicyclic amines) is 1. The molecule has 2 unspecified atom stereocenters. The Bertz CT molecular complexity index is 1200. The van der Waals surface area contributed by atoms with Crippen LogP contribution in [0.15, 0.2) is 52.1 Å². The number of amidine groups is 1. The van der Waals surface area contributed by atoms with Gasteiger partial charge in [0, 0.05) is 44.1 Å². The van der Waals surface area contributed by atoms with E-state index < -0.39 is 17.6 Å². The molecule has 3 atom stereocenters. The molecule has 0 aromatic rings. The first-order valence-corrected chi connectivity index (χ1v) is 14.5. The van der Waals surface area contributed by atoms with Crippen LogP contribution >= 0.6 is 0 Å². The number of alkyl halides is 1. The first kappa shape index (κ1) is 24.5. The summed E-state index contributed by atoms with van der Waals surface area (Å²) in [6, 6.07) is 0. The lowest BCUT2D eigenvalue weighted by molar-refractivity contribution is -0.135. The van der Waals surface area contributed by atoms with Gasteiger partial charge in [-0.25, -0.2) is 4.39 Å². The number of hydrogen-bond donors (Lipinski definition) is 2. The molecule has 2 N–H and O–H groups in total. The van der Waals surface area contributed by atoms with E-state index >= 15 is 4.39 Å². The third kappa shape index (κ3) is 4.20. The van der Waals surface area contributed by atoms with Gasteiger partial charge in [-0.3, -0.25) is 30.3 Å². The Hall–Kier alpha value is -2.58. The zero-order chi connectivity index (χ0) is 26.1. The van der Waals surface area contributed by atoms with Crippen LogP contribution < -0.4 is 10.9 Å². The van der Waals surface area contributed by atoms with Crippen LogP contribution in [0, 0.1) is 23.2 Å². The number of nitrogens with one attached hydrogen (secondary N) is 2. The highest BCUT2D eigenvalue weighted by molar-refractivity contribution is 6.11. The summed E-state index contributed by atoms with van der Waals surface area (Å²) >= 11 is 0. The van der Waals surface area contributed by atoms with Crippen LogP contribution in [0.2, 0.25) is 0 Å². The summed E-state index contributed by atoms with van der Waals surface area (Å²) in [5.74, 6) is 1.07. The molecule has 3 heterocycles. The molecular weight excluding hydrogens is 481 g/mol. The predicted molar refractivity (Wildman–Crippen MR) is 144 cm³/mol. The van der Waals surface area contributed by atoms with Gasteiger partial charge in [-0.1, -0.05) is 36.8 Å². The normalized spacial score (nSPS) is 33.4. The van der Waals surface area contributed by atoms with E-state index in [0.717, 1.165) is 70.2 Å². The van der Waals surface area contributed by atoms with Crippen molar-refractivity contribution < 1.29 is 14.0 Å². The SMILES string of the molecule is CC1(C(=O)N2CC[C@@H](CN3C(=O)C4(CC4)N=C3C3C=CC(C4=CC=C(C5CNNC5)CC4)=CC3F)C2)CC1. The van der Waals surface area contributed by atoms with E-state index in [0.29, 0.717) is 24.8 Å². The second-order valence-corrected chi connectivity index (χ2v) is 12.7. The van der Waals surface area contributed by atoms with Crippen molar-refractivity contribution in [1.82, 2.24) is 20.7 Å². The van der Waals surface area contributed by atoms with Gasteiger partial charge in [-0.2, -0.15) is 0 Å². The molecule has 0 aromatic heterocycles. The fraction of sp³-hybridized carbons (Fsp3) is 0.633. The van der Waals surface area contributed by atoms with E-state index in [4.69, 9.17) is 4.99 Å². The number of amides is 2. The molecular formula is C30H38FN5O2. The van der Waals surface area contributed by atoms with E-state index in [1.165, 1.54) is 11.1 Å². The molecule has 3 aliphatic heterocycles. The highest BCUT2D eigenvalue weighted by Crippen LogP contribution is 2.49. The molecule has 202 valence electrons. The van der Waals surface area contributed by atoms with Crippen LogP contribution in [-0.4, -0.2) is 71.9 Å². The van der Waals surface area contributed by atoms with Crippen molar-refractivity contribution in [2.45, 2.75) is 63.6 Å². The van der Waals surface area contributed by atoms with Crippen LogP contribution in [0.5, 0.6) is 0 Å². The largest absolute Gasteiger partial charge is 0.342 e. The molecule has 7 nitrogen and oxygen atoms in total. The quantitative estimate of drug-likeness (QED) is 0.565. The highest BCUT2D eigenvalue weighted by Gasteiger charge is 2.59. The maximum atomic E-state index is 15.8. The van der Waals surface area contributed by atoms with Crippen molar-refractivity contribution in [2.24, 2.45) is 28.2 Å². The van der Waals surface area contributed by atoms with Gasteiger partial charge in [0.05, 0.1) is 5.92 Å². The summed E-state index contributed by atoms with van der Waals surface area (Å²) < 4.78 is 15.8. The summed E-state index contributed by atoms with van der Waals surface area (Å²) in [7, 11) is 0. The number of rotatable bonds is 6. The maximum absolute atomic E-state index is 15.8. The molecule has 4 fully saturated rings. The third-order valence-corrected chi connectivity index (χ3v) is 9.86. The highest BCUT2D eigenvalue weighted by atomic mass is 19.1. The van der Waals surface area contributed by atoms with Crippen LogP contribution in [0.3, 0.4) is 0 Å². The van der Waals surface area contributed by atoms with E-state index in [-0.39, 0.29) is 23.1 Å². The molecule has 7 rings (SSSR count). The third-order valence-electron chi connectivity index (χ3n) is 9.86. The van der Waals surface area contributed by atoms with Crippen molar-refractivity contribution in [3.05, 3.63) is 47.1 Å². The van der Waals surface area contributed by atoms with Crippen molar-refractivity contribution in [1.29, 1.82) is 0 Å². The van der Waals surface area contributed by atoms with E-state index in [1.807, 2.05) is 17.1 Å². The first-order valence-electron chi connectivity index (χ1n) is 14.5. The molecule has 1 spiro atoms. The zero-order valence-corrected chi connectivity index (χ0v) is 22.2. The van der Waals surface area contributed by atoms with Crippen LogP contribution in [0.4, 0.5) is 4.39 Å². The number of hydrazine groups is 1. The molecule has 7 aliphatic rings. The Kier molecular flexibility index (Phi) is 5.78. The molecule has 4 aliphatic carbocycles. The molecule has 8 heteroatoms. The van der Waals surface area contributed by atoms with Gasteiger partial charge >= 0.3 is 0 Å². The lowest BCUT2D eigenvalue weighted by Crippen LogP contribution is -2.44. The minimum Gasteiger partial charge on any atom is -0.342 e. The summed E-state index contributed by atoms with van der Waals surface area (Å²) in [5.41, 5.74) is 9.14. The molecule has 2 saturated carbocycles. The van der Waals surface area contributed by atoms with Crippen molar-refractivity contribution in [3.63, 3.8) is 0 Å². The van der Waals surface area contributed by atoms with Gasteiger partial charge < -0.3 is 4.90 Å². The number of carbonyl (C=O) groups is 2. The van der Waals surface area contributed by atoms with E-state index in [1.54, 1.807) is 11.0 Å². The maximum Gasteiger partial charge on any atom is 0.255 e. The standard InChI is InChI=1S/C30H38FN5O2/c1-29(9-10-29)27(37)35-13-8-19(17-35)18-36-26(34-30(11-12-30)28(36)38)24-7-6-22(14-25(24)31)20-2-4-21(5-3-20)23-15-32-33-16-23/h2,4,6-7,14,19,23-25,32-33H,3,5,8-13,15-18H2,1H3/t19-,24?,25?/m1/s1. The zero-order valence-electron chi connectivity index (χ0n) is 22.2. The Balaban J connectivity index is 1.04.